The van der Waals surface area contributed by atoms with E-state index in [1.807, 2.05) is 69.4 Å². The fourth-order valence-corrected chi connectivity index (χ4v) is 2.78. The second kappa shape index (κ2) is 7.91. The predicted molar refractivity (Wildman–Crippen MR) is 111 cm³/mol. The highest BCUT2D eigenvalue weighted by Gasteiger charge is 2.24. The van der Waals surface area contributed by atoms with Crippen molar-refractivity contribution in [1.82, 2.24) is 9.97 Å². The van der Waals surface area contributed by atoms with Gasteiger partial charge in [-0.05, 0) is 42.7 Å². The van der Waals surface area contributed by atoms with Gasteiger partial charge in [0, 0.05) is 19.3 Å². The van der Waals surface area contributed by atoms with Crippen molar-refractivity contribution >= 4 is 29.0 Å². The summed E-state index contributed by atoms with van der Waals surface area (Å²) >= 11 is 0. The maximum Gasteiger partial charge on any atom is 0.353 e. The minimum atomic E-state index is -0.570. The number of nitrogens with zero attached hydrogens (tertiary/aromatic N) is 4. The van der Waals surface area contributed by atoms with E-state index in [4.69, 9.17) is 5.73 Å². The normalized spacial score (nSPS) is 10.5. The van der Waals surface area contributed by atoms with Gasteiger partial charge in [0.15, 0.2) is 0 Å². The molecule has 144 valence electrons. The van der Waals surface area contributed by atoms with Crippen LogP contribution in [0.3, 0.4) is 0 Å². The van der Waals surface area contributed by atoms with Crippen LogP contribution in [-0.2, 0) is 6.54 Å². The lowest BCUT2D eigenvalue weighted by Gasteiger charge is -2.19. The summed E-state index contributed by atoms with van der Waals surface area (Å²) in [7, 11) is 1.81. The van der Waals surface area contributed by atoms with Crippen LogP contribution in [0.2, 0.25) is 0 Å². The lowest BCUT2D eigenvalue weighted by molar-refractivity contribution is -0.383. The second-order valence-electron chi connectivity index (χ2n) is 6.63. The molecule has 8 nitrogen and oxygen atoms in total. The minimum absolute atomic E-state index is 0.0654. The molecule has 0 bridgehead atoms. The molecule has 3 N–H and O–H groups in total. The highest BCUT2D eigenvalue weighted by molar-refractivity contribution is 5.74. The number of benzene rings is 2. The van der Waals surface area contributed by atoms with E-state index >= 15 is 0 Å². The number of nitrogens with one attached hydrogen (secondary N) is 1. The average Bonchev–Trinajstić information content (AvgIpc) is 2.65. The predicted octanol–water partition coefficient (Wildman–Crippen LogP) is 3.96. The molecule has 8 heteroatoms. The van der Waals surface area contributed by atoms with Crippen LogP contribution in [0.4, 0.5) is 29.0 Å². The van der Waals surface area contributed by atoms with E-state index in [2.05, 4.69) is 15.3 Å². The molecule has 2 aromatic carbocycles. The van der Waals surface area contributed by atoms with Crippen LogP contribution in [0.1, 0.15) is 16.7 Å². The lowest BCUT2D eigenvalue weighted by Crippen LogP contribution is -2.20. The van der Waals surface area contributed by atoms with Gasteiger partial charge in [-0.2, -0.15) is 9.97 Å². The van der Waals surface area contributed by atoms with Crippen LogP contribution < -0.4 is 16.0 Å². The highest BCUT2D eigenvalue weighted by Crippen LogP contribution is 2.32. The fraction of sp³-hybridized carbons (Fsp3) is 0.200. The number of hydrogen-bond donors (Lipinski definition) is 2. The van der Waals surface area contributed by atoms with E-state index in [0.717, 1.165) is 16.7 Å². The first-order valence-corrected chi connectivity index (χ1v) is 8.76. The maximum atomic E-state index is 11.5. The number of aryl methyl sites for hydroxylation is 2. The Kier molecular flexibility index (Phi) is 5.39. The summed E-state index contributed by atoms with van der Waals surface area (Å²) in [5, 5.41) is 14.5. The van der Waals surface area contributed by atoms with E-state index < -0.39 is 4.92 Å². The summed E-state index contributed by atoms with van der Waals surface area (Å²) in [6.07, 6.45) is 0. The Balaban J connectivity index is 1.97. The van der Waals surface area contributed by atoms with Crippen molar-refractivity contribution in [1.29, 1.82) is 0 Å². The zero-order valence-corrected chi connectivity index (χ0v) is 16.0. The largest absolute Gasteiger partial charge is 0.378 e. The molecular weight excluding hydrogens is 356 g/mol. The Morgan fingerprint density at radius 2 is 1.82 bits per heavy atom. The van der Waals surface area contributed by atoms with Gasteiger partial charge in [-0.3, -0.25) is 10.1 Å². The van der Waals surface area contributed by atoms with E-state index in [1.165, 1.54) is 0 Å². The second-order valence-corrected chi connectivity index (χ2v) is 6.63. The quantitative estimate of drug-likeness (QED) is 0.493. The molecule has 0 spiro atoms. The minimum Gasteiger partial charge on any atom is -0.378 e. The van der Waals surface area contributed by atoms with Gasteiger partial charge in [0.25, 0.3) is 0 Å². The van der Waals surface area contributed by atoms with E-state index in [9.17, 15) is 10.1 Å². The number of rotatable bonds is 6. The zero-order valence-electron chi connectivity index (χ0n) is 16.0. The van der Waals surface area contributed by atoms with Gasteiger partial charge in [-0.15, -0.1) is 0 Å². The van der Waals surface area contributed by atoms with Crippen LogP contribution in [0.5, 0.6) is 0 Å². The van der Waals surface area contributed by atoms with Gasteiger partial charge in [0.2, 0.25) is 17.6 Å². The number of nitro groups is 1. The maximum absolute atomic E-state index is 11.5. The molecule has 0 amide bonds. The van der Waals surface area contributed by atoms with Gasteiger partial charge in [-0.25, -0.2) is 0 Å². The average molecular weight is 378 g/mol. The zero-order chi connectivity index (χ0) is 20.3. The Hall–Kier alpha value is -3.68. The molecular formula is C20H22N6O2. The summed E-state index contributed by atoms with van der Waals surface area (Å²) in [4.78, 5) is 21.3. The van der Waals surface area contributed by atoms with Crippen molar-refractivity contribution < 1.29 is 4.92 Å². The molecule has 0 unspecified atom stereocenters. The Labute approximate surface area is 163 Å². The number of nitrogen functional groups attached to an aromatic ring is 1. The van der Waals surface area contributed by atoms with Crippen molar-refractivity contribution in [3.63, 3.8) is 0 Å². The van der Waals surface area contributed by atoms with E-state index in [-0.39, 0.29) is 17.3 Å². The molecule has 0 atom stereocenters. The molecule has 0 radical (unpaired) electrons. The van der Waals surface area contributed by atoms with Gasteiger partial charge in [0.1, 0.15) is 0 Å². The van der Waals surface area contributed by atoms with Crippen molar-refractivity contribution in [3.05, 3.63) is 75.3 Å². The van der Waals surface area contributed by atoms with Crippen molar-refractivity contribution in [2.75, 3.05) is 23.0 Å². The molecule has 0 saturated carbocycles. The number of hydrogen-bond acceptors (Lipinski definition) is 7. The summed E-state index contributed by atoms with van der Waals surface area (Å²) in [5.74, 6) is 0.190. The van der Waals surface area contributed by atoms with Crippen molar-refractivity contribution in [2.24, 2.45) is 0 Å². The van der Waals surface area contributed by atoms with Crippen LogP contribution in [-0.4, -0.2) is 21.9 Å². The summed E-state index contributed by atoms with van der Waals surface area (Å²) in [6.45, 7) is 4.52. The smallest absolute Gasteiger partial charge is 0.353 e. The monoisotopic (exact) mass is 378 g/mol. The van der Waals surface area contributed by atoms with Crippen molar-refractivity contribution in [3.8, 4) is 0 Å². The summed E-state index contributed by atoms with van der Waals surface area (Å²) in [5.41, 5.74) is 9.52. The molecule has 1 aromatic heterocycles. The SMILES string of the molecule is Cc1ccc(Nc2nc(N(C)Cc3ccccc3)nc(N)c2[N+](=O)[O-])cc1C. The molecule has 28 heavy (non-hydrogen) atoms. The Bertz CT molecular complexity index is 1010. The Morgan fingerprint density at radius 3 is 2.46 bits per heavy atom. The topological polar surface area (TPSA) is 110 Å². The summed E-state index contributed by atoms with van der Waals surface area (Å²) < 4.78 is 0. The fourth-order valence-electron chi connectivity index (χ4n) is 2.78. The van der Waals surface area contributed by atoms with Gasteiger partial charge in [-0.1, -0.05) is 36.4 Å². The van der Waals surface area contributed by atoms with Crippen LogP contribution in [0.25, 0.3) is 0 Å². The van der Waals surface area contributed by atoms with E-state index in [0.29, 0.717) is 18.2 Å². The first-order chi connectivity index (χ1) is 13.3. The van der Waals surface area contributed by atoms with Gasteiger partial charge < -0.3 is 16.0 Å². The molecule has 3 rings (SSSR count). The third-order valence-electron chi connectivity index (χ3n) is 4.46. The van der Waals surface area contributed by atoms with Crippen molar-refractivity contribution in [2.45, 2.75) is 20.4 Å². The van der Waals surface area contributed by atoms with Crippen LogP contribution in [0, 0.1) is 24.0 Å². The molecule has 1 heterocycles. The first-order valence-electron chi connectivity index (χ1n) is 8.76. The van der Waals surface area contributed by atoms with Crippen LogP contribution >= 0.6 is 0 Å². The number of aromatic nitrogens is 2. The van der Waals surface area contributed by atoms with Gasteiger partial charge >= 0.3 is 5.69 Å². The standard InChI is InChI=1S/C20H22N6O2/c1-13-9-10-16(11-14(13)2)22-19-17(26(27)28)18(21)23-20(24-19)25(3)12-15-7-5-4-6-8-15/h4-11H,12H2,1-3H3,(H3,21,22,23,24). The number of nitrogens with two attached hydrogens (primary N) is 1. The summed E-state index contributed by atoms with van der Waals surface area (Å²) in [6, 6.07) is 15.5. The van der Waals surface area contributed by atoms with Gasteiger partial charge in [0.05, 0.1) is 4.92 Å². The number of anilines is 4. The third-order valence-corrected chi connectivity index (χ3v) is 4.46. The Morgan fingerprint density at radius 1 is 1.11 bits per heavy atom. The lowest BCUT2D eigenvalue weighted by atomic mass is 10.1. The molecule has 0 aliphatic heterocycles. The molecule has 0 saturated heterocycles. The van der Waals surface area contributed by atoms with Crippen LogP contribution in [0.15, 0.2) is 48.5 Å². The first kappa shape index (κ1) is 19.1. The van der Waals surface area contributed by atoms with E-state index in [1.54, 1.807) is 4.90 Å². The highest BCUT2D eigenvalue weighted by atomic mass is 16.6. The molecule has 0 aliphatic rings. The molecule has 3 aromatic rings. The third kappa shape index (κ3) is 4.17. The molecule has 0 aliphatic carbocycles. The molecule has 0 fully saturated rings.